The number of rotatable bonds is 6. The Morgan fingerprint density at radius 2 is 2.05 bits per heavy atom. The van der Waals surface area contributed by atoms with Crippen LogP contribution in [0.5, 0.6) is 0 Å². The van der Waals surface area contributed by atoms with Crippen LogP contribution in [0.3, 0.4) is 0 Å². The summed E-state index contributed by atoms with van der Waals surface area (Å²) in [7, 11) is 0. The number of aliphatic hydroxyl groups excluding tert-OH is 1. The number of aryl methyl sites for hydroxylation is 1. The van der Waals surface area contributed by atoms with Crippen molar-refractivity contribution in [3.63, 3.8) is 0 Å². The van der Waals surface area contributed by atoms with Gasteiger partial charge in [0.15, 0.2) is 0 Å². The lowest BCUT2D eigenvalue weighted by Gasteiger charge is -2.11. The van der Waals surface area contributed by atoms with Crippen LogP contribution in [0.1, 0.15) is 12.6 Å². The van der Waals surface area contributed by atoms with Gasteiger partial charge in [0.1, 0.15) is 6.61 Å². The van der Waals surface area contributed by atoms with E-state index in [2.05, 4.69) is 9.84 Å². The third-order valence-corrected chi connectivity index (χ3v) is 3.04. The molecule has 1 heterocycles. The van der Waals surface area contributed by atoms with E-state index < -0.39 is 18.9 Å². The number of ether oxygens (including phenoxy) is 1. The van der Waals surface area contributed by atoms with Crippen molar-refractivity contribution in [2.75, 3.05) is 13.2 Å². The average Bonchev–Trinajstić information content (AvgIpc) is 2.76. The molecule has 0 saturated heterocycles. The summed E-state index contributed by atoms with van der Waals surface area (Å²) in [6.07, 6.45) is -5.24. The second kappa shape index (κ2) is 6.44. The quantitative estimate of drug-likeness (QED) is 0.892. The zero-order chi connectivity index (χ0) is 15.5. The second-order valence-electron chi connectivity index (χ2n) is 4.77. The number of fused-ring (bicyclic) bond motifs is 1. The van der Waals surface area contributed by atoms with Gasteiger partial charge in [0.2, 0.25) is 0 Å². The van der Waals surface area contributed by atoms with Gasteiger partial charge in [-0.25, -0.2) is 0 Å². The number of para-hydroxylation sites is 1. The van der Waals surface area contributed by atoms with Crippen molar-refractivity contribution >= 4 is 10.9 Å². The minimum absolute atomic E-state index is 0.158. The molecule has 4 nitrogen and oxygen atoms in total. The lowest BCUT2D eigenvalue weighted by molar-refractivity contribution is -0.179. The third kappa shape index (κ3) is 4.18. The Bertz CT molecular complexity index is 595. The van der Waals surface area contributed by atoms with Crippen molar-refractivity contribution in [1.29, 1.82) is 0 Å². The molecule has 2 aromatic rings. The molecule has 0 bridgehead atoms. The molecule has 116 valence electrons. The second-order valence-corrected chi connectivity index (χ2v) is 4.77. The highest BCUT2D eigenvalue weighted by atomic mass is 19.4. The standard InChI is InChI=1S/C14H17F3N2O2/c1-2-19-13-6-4-3-5-11(13)12(18-19)7-10(20)8-21-9-14(15,16)17/h3-6,10,20H,2,7-9H2,1H3. The Morgan fingerprint density at radius 3 is 2.71 bits per heavy atom. The highest BCUT2D eigenvalue weighted by molar-refractivity contribution is 5.81. The highest BCUT2D eigenvalue weighted by Gasteiger charge is 2.28. The number of benzene rings is 1. The summed E-state index contributed by atoms with van der Waals surface area (Å²) in [5.41, 5.74) is 1.61. The van der Waals surface area contributed by atoms with E-state index in [-0.39, 0.29) is 13.0 Å². The van der Waals surface area contributed by atoms with Crippen LogP contribution in [-0.4, -0.2) is 40.4 Å². The van der Waals surface area contributed by atoms with Gasteiger partial charge >= 0.3 is 6.18 Å². The molecule has 1 unspecified atom stereocenters. The van der Waals surface area contributed by atoms with E-state index in [1.165, 1.54) is 0 Å². The van der Waals surface area contributed by atoms with E-state index in [0.29, 0.717) is 12.2 Å². The van der Waals surface area contributed by atoms with Gasteiger partial charge in [0, 0.05) is 18.4 Å². The number of hydrogen-bond donors (Lipinski definition) is 1. The average molecular weight is 302 g/mol. The smallest absolute Gasteiger partial charge is 0.390 e. The Labute approximate surface area is 120 Å². The Hall–Kier alpha value is -1.60. The van der Waals surface area contributed by atoms with Crippen molar-refractivity contribution in [1.82, 2.24) is 9.78 Å². The molecule has 1 aromatic heterocycles. The largest absolute Gasteiger partial charge is 0.411 e. The molecule has 0 aliphatic carbocycles. The van der Waals surface area contributed by atoms with Gasteiger partial charge in [-0.2, -0.15) is 18.3 Å². The van der Waals surface area contributed by atoms with Crippen LogP contribution in [0.25, 0.3) is 10.9 Å². The first-order chi connectivity index (χ1) is 9.90. The molecule has 0 aliphatic rings. The van der Waals surface area contributed by atoms with Gasteiger partial charge in [-0.3, -0.25) is 4.68 Å². The number of nitrogens with zero attached hydrogens (tertiary/aromatic N) is 2. The number of aliphatic hydroxyl groups is 1. The van der Waals surface area contributed by atoms with E-state index in [9.17, 15) is 18.3 Å². The summed E-state index contributed by atoms with van der Waals surface area (Å²) in [5.74, 6) is 0. The predicted molar refractivity (Wildman–Crippen MR) is 72.0 cm³/mol. The fourth-order valence-electron chi connectivity index (χ4n) is 2.18. The van der Waals surface area contributed by atoms with E-state index >= 15 is 0 Å². The van der Waals surface area contributed by atoms with Crippen LogP contribution in [0.15, 0.2) is 24.3 Å². The van der Waals surface area contributed by atoms with Crippen LogP contribution in [0.2, 0.25) is 0 Å². The minimum Gasteiger partial charge on any atom is -0.390 e. The van der Waals surface area contributed by atoms with Crippen LogP contribution in [0, 0.1) is 0 Å². The predicted octanol–water partition coefficient (Wildman–Crippen LogP) is 2.54. The first-order valence-corrected chi connectivity index (χ1v) is 6.67. The molecule has 0 amide bonds. The maximum absolute atomic E-state index is 12.0. The molecule has 7 heteroatoms. The monoisotopic (exact) mass is 302 g/mol. The van der Waals surface area contributed by atoms with Gasteiger partial charge < -0.3 is 9.84 Å². The molecular weight excluding hydrogens is 285 g/mol. The summed E-state index contributed by atoms with van der Waals surface area (Å²) < 4.78 is 42.2. The van der Waals surface area contributed by atoms with Gasteiger partial charge in [-0.15, -0.1) is 0 Å². The Balaban J connectivity index is 2.02. The van der Waals surface area contributed by atoms with Gasteiger partial charge in [-0.05, 0) is 13.0 Å². The fraction of sp³-hybridized carbons (Fsp3) is 0.500. The lowest BCUT2D eigenvalue weighted by atomic mass is 10.1. The molecule has 2 rings (SSSR count). The SMILES string of the molecule is CCn1nc(CC(O)COCC(F)(F)F)c2ccccc21. The number of hydrogen-bond acceptors (Lipinski definition) is 3. The summed E-state index contributed by atoms with van der Waals surface area (Å²) in [6.45, 7) is 0.911. The minimum atomic E-state index is -4.38. The first-order valence-electron chi connectivity index (χ1n) is 6.67. The van der Waals surface area contributed by atoms with Gasteiger partial charge in [-0.1, -0.05) is 18.2 Å². The normalized spacial score (nSPS) is 13.8. The maximum Gasteiger partial charge on any atom is 0.411 e. The molecule has 1 aromatic carbocycles. The summed E-state index contributed by atoms with van der Waals surface area (Å²) in [6, 6.07) is 7.55. The third-order valence-electron chi connectivity index (χ3n) is 3.04. The van der Waals surface area contributed by atoms with E-state index in [1.807, 2.05) is 31.2 Å². The number of alkyl halides is 3. The number of aromatic nitrogens is 2. The molecule has 0 saturated carbocycles. The van der Waals surface area contributed by atoms with E-state index in [1.54, 1.807) is 4.68 Å². The Morgan fingerprint density at radius 1 is 1.33 bits per heavy atom. The van der Waals surface area contributed by atoms with E-state index in [0.717, 1.165) is 10.9 Å². The molecule has 0 spiro atoms. The van der Waals surface area contributed by atoms with Crippen LogP contribution >= 0.6 is 0 Å². The fourth-order valence-corrected chi connectivity index (χ4v) is 2.18. The summed E-state index contributed by atoms with van der Waals surface area (Å²) in [4.78, 5) is 0. The lowest BCUT2D eigenvalue weighted by Crippen LogP contribution is -2.24. The maximum atomic E-state index is 12.0. The van der Waals surface area contributed by atoms with Crippen LogP contribution < -0.4 is 0 Å². The highest BCUT2D eigenvalue weighted by Crippen LogP contribution is 2.20. The number of halogens is 3. The zero-order valence-electron chi connectivity index (χ0n) is 11.6. The molecule has 0 aliphatic heterocycles. The van der Waals surface area contributed by atoms with Crippen LogP contribution in [-0.2, 0) is 17.7 Å². The summed E-state index contributed by atoms with van der Waals surface area (Å²) >= 11 is 0. The molecule has 1 atom stereocenters. The molecule has 21 heavy (non-hydrogen) atoms. The topological polar surface area (TPSA) is 47.3 Å². The van der Waals surface area contributed by atoms with Gasteiger partial charge in [0.05, 0.1) is 23.9 Å². The van der Waals surface area contributed by atoms with Crippen molar-refractivity contribution in [3.05, 3.63) is 30.0 Å². The van der Waals surface area contributed by atoms with Gasteiger partial charge in [0.25, 0.3) is 0 Å². The molecular formula is C14H17F3N2O2. The first kappa shape index (κ1) is 15.8. The molecule has 0 radical (unpaired) electrons. The molecule has 0 fully saturated rings. The summed E-state index contributed by atoms with van der Waals surface area (Å²) in [5, 5.41) is 15.1. The van der Waals surface area contributed by atoms with Crippen molar-refractivity contribution in [2.45, 2.75) is 32.2 Å². The van der Waals surface area contributed by atoms with Crippen molar-refractivity contribution in [3.8, 4) is 0 Å². The molecule has 1 N–H and O–H groups in total. The zero-order valence-corrected chi connectivity index (χ0v) is 11.6. The van der Waals surface area contributed by atoms with Crippen LogP contribution in [0.4, 0.5) is 13.2 Å². The van der Waals surface area contributed by atoms with E-state index in [4.69, 9.17) is 0 Å². The Kier molecular flexibility index (Phi) is 4.84. The van der Waals surface area contributed by atoms with Crippen molar-refractivity contribution < 1.29 is 23.0 Å². The van der Waals surface area contributed by atoms with Crippen molar-refractivity contribution in [2.24, 2.45) is 0 Å².